The first-order chi connectivity index (χ1) is 15.1. The molecule has 0 aromatic heterocycles. The molecule has 2 amide bonds. The Morgan fingerprint density at radius 1 is 0.806 bits per heavy atom. The number of piperazine rings is 1. The highest BCUT2D eigenvalue weighted by atomic mass is 35.5. The van der Waals surface area contributed by atoms with E-state index in [2.05, 4.69) is 10.2 Å². The van der Waals surface area contributed by atoms with E-state index in [4.69, 9.17) is 11.6 Å². The highest BCUT2D eigenvalue weighted by Gasteiger charge is 2.24. The standard InChI is InChI=1S/C25H24ClN3O2/c26-22-12-6-4-11-21(22)25(31)29-16-14-28(15-17-29)18-24(30)27-23-13-7-5-10-20(23)19-8-2-1-3-9-19/h1-13H,14-18H2,(H,27,30). The normalized spacial score (nSPS) is 14.3. The van der Waals surface area contributed by atoms with Gasteiger partial charge in [0, 0.05) is 37.4 Å². The summed E-state index contributed by atoms with van der Waals surface area (Å²) in [5.41, 5.74) is 3.37. The average Bonchev–Trinajstić information content (AvgIpc) is 2.80. The number of nitrogens with zero attached hydrogens (tertiary/aromatic N) is 2. The van der Waals surface area contributed by atoms with E-state index >= 15 is 0 Å². The van der Waals surface area contributed by atoms with Gasteiger partial charge in [-0.3, -0.25) is 14.5 Å². The Labute approximate surface area is 187 Å². The maximum absolute atomic E-state index is 12.7. The average molecular weight is 434 g/mol. The summed E-state index contributed by atoms with van der Waals surface area (Å²) in [6.45, 7) is 2.71. The van der Waals surface area contributed by atoms with Gasteiger partial charge in [0.1, 0.15) is 0 Å². The zero-order valence-corrected chi connectivity index (χ0v) is 17.9. The molecule has 0 aliphatic carbocycles. The fraction of sp³-hybridized carbons (Fsp3) is 0.200. The Kier molecular flexibility index (Phi) is 6.65. The quantitative estimate of drug-likeness (QED) is 0.648. The lowest BCUT2D eigenvalue weighted by Crippen LogP contribution is -2.50. The van der Waals surface area contributed by atoms with Crippen molar-refractivity contribution in [3.8, 4) is 11.1 Å². The fourth-order valence-electron chi connectivity index (χ4n) is 3.77. The van der Waals surface area contributed by atoms with Crippen LogP contribution in [0.25, 0.3) is 11.1 Å². The van der Waals surface area contributed by atoms with E-state index in [1.807, 2.05) is 66.7 Å². The van der Waals surface area contributed by atoms with Crippen LogP contribution in [0.5, 0.6) is 0 Å². The number of anilines is 1. The lowest BCUT2D eigenvalue weighted by molar-refractivity contribution is -0.117. The second-order valence-corrected chi connectivity index (χ2v) is 7.92. The van der Waals surface area contributed by atoms with Crippen LogP contribution < -0.4 is 5.32 Å². The molecule has 6 heteroatoms. The van der Waals surface area contributed by atoms with E-state index in [9.17, 15) is 9.59 Å². The van der Waals surface area contributed by atoms with Crippen molar-refractivity contribution in [2.45, 2.75) is 0 Å². The third-order valence-electron chi connectivity index (χ3n) is 5.42. The van der Waals surface area contributed by atoms with E-state index in [-0.39, 0.29) is 18.4 Å². The predicted molar refractivity (Wildman–Crippen MR) is 124 cm³/mol. The minimum Gasteiger partial charge on any atom is -0.336 e. The Bertz CT molecular complexity index is 1060. The van der Waals surface area contributed by atoms with E-state index in [1.165, 1.54) is 0 Å². The van der Waals surface area contributed by atoms with Crippen molar-refractivity contribution in [3.63, 3.8) is 0 Å². The molecule has 0 atom stereocenters. The summed E-state index contributed by atoms with van der Waals surface area (Å²) >= 11 is 6.16. The third kappa shape index (κ3) is 5.13. The molecule has 1 aliphatic rings. The second kappa shape index (κ2) is 9.77. The molecule has 1 aliphatic heterocycles. The van der Waals surface area contributed by atoms with Gasteiger partial charge in [0.15, 0.2) is 0 Å². The molecule has 0 radical (unpaired) electrons. The van der Waals surface area contributed by atoms with Gasteiger partial charge in [-0.15, -0.1) is 0 Å². The smallest absolute Gasteiger partial charge is 0.255 e. The van der Waals surface area contributed by atoms with Gasteiger partial charge in [0.25, 0.3) is 5.91 Å². The lowest BCUT2D eigenvalue weighted by atomic mass is 10.0. The highest BCUT2D eigenvalue weighted by Crippen LogP contribution is 2.27. The van der Waals surface area contributed by atoms with Gasteiger partial charge in [0.05, 0.1) is 17.1 Å². The molecule has 5 nitrogen and oxygen atoms in total. The minimum atomic E-state index is -0.0634. The maximum atomic E-state index is 12.7. The number of carbonyl (C=O) groups excluding carboxylic acids is 2. The number of halogens is 1. The van der Waals surface area contributed by atoms with Gasteiger partial charge in [-0.05, 0) is 23.8 Å². The summed E-state index contributed by atoms with van der Waals surface area (Å²) in [6.07, 6.45) is 0. The van der Waals surface area contributed by atoms with Crippen LogP contribution in [0.2, 0.25) is 5.02 Å². The van der Waals surface area contributed by atoms with Crippen LogP contribution in [0.4, 0.5) is 5.69 Å². The maximum Gasteiger partial charge on any atom is 0.255 e. The van der Waals surface area contributed by atoms with Crippen molar-refractivity contribution in [2.24, 2.45) is 0 Å². The molecule has 0 saturated carbocycles. The number of rotatable bonds is 5. The molecule has 1 fully saturated rings. The van der Waals surface area contributed by atoms with Gasteiger partial charge in [-0.2, -0.15) is 0 Å². The fourth-order valence-corrected chi connectivity index (χ4v) is 3.99. The Balaban J connectivity index is 1.33. The molecule has 3 aromatic carbocycles. The Morgan fingerprint density at radius 3 is 2.19 bits per heavy atom. The van der Waals surface area contributed by atoms with Gasteiger partial charge >= 0.3 is 0 Å². The third-order valence-corrected chi connectivity index (χ3v) is 5.75. The molecule has 0 bridgehead atoms. The molecule has 31 heavy (non-hydrogen) atoms. The summed E-state index contributed by atoms with van der Waals surface area (Å²) in [5, 5.41) is 3.51. The molecular weight excluding hydrogens is 410 g/mol. The van der Waals surface area contributed by atoms with Crippen molar-refractivity contribution in [1.29, 1.82) is 0 Å². The van der Waals surface area contributed by atoms with Crippen molar-refractivity contribution in [3.05, 3.63) is 89.4 Å². The lowest BCUT2D eigenvalue weighted by Gasteiger charge is -2.34. The monoisotopic (exact) mass is 433 g/mol. The van der Waals surface area contributed by atoms with Crippen LogP contribution in [-0.4, -0.2) is 54.3 Å². The first-order valence-electron chi connectivity index (χ1n) is 10.3. The van der Waals surface area contributed by atoms with Crippen molar-refractivity contribution >= 4 is 29.1 Å². The van der Waals surface area contributed by atoms with Crippen LogP contribution in [0.15, 0.2) is 78.9 Å². The topological polar surface area (TPSA) is 52.7 Å². The first-order valence-corrected chi connectivity index (χ1v) is 10.7. The molecule has 4 rings (SSSR count). The largest absolute Gasteiger partial charge is 0.336 e. The second-order valence-electron chi connectivity index (χ2n) is 7.51. The van der Waals surface area contributed by atoms with Gasteiger partial charge in [-0.1, -0.05) is 72.3 Å². The van der Waals surface area contributed by atoms with Crippen LogP contribution in [0, 0.1) is 0 Å². The molecule has 0 unspecified atom stereocenters. The zero-order chi connectivity index (χ0) is 21.6. The summed E-state index contributed by atoms with van der Waals surface area (Å²) in [7, 11) is 0. The molecule has 1 N–H and O–H groups in total. The molecule has 1 saturated heterocycles. The number of hydrogen-bond donors (Lipinski definition) is 1. The summed E-state index contributed by atoms with van der Waals surface area (Å²) in [5.74, 6) is -0.124. The van der Waals surface area contributed by atoms with Gasteiger partial charge in [-0.25, -0.2) is 0 Å². The summed E-state index contributed by atoms with van der Waals surface area (Å²) in [4.78, 5) is 29.3. The molecule has 0 spiro atoms. The van der Waals surface area contributed by atoms with Crippen molar-refractivity contribution in [2.75, 3.05) is 38.0 Å². The van der Waals surface area contributed by atoms with Crippen LogP contribution >= 0.6 is 11.6 Å². The first kappa shape index (κ1) is 21.1. The van der Waals surface area contributed by atoms with E-state index < -0.39 is 0 Å². The zero-order valence-electron chi connectivity index (χ0n) is 17.1. The van der Waals surface area contributed by atoms with Gasteiger partial charge < -0.3 is 10.2 Å². The van der Waals surface area contributed by atoms with E-state index in [1.54, 1.807) is 17.0 Å². The van der Waals surface area contributed by atoms with Crippen molar-refractivity contribution < 1.29 is 9.59 Å². The summed E-state index contributed by atoms with van der Waals surface area (Å²) in [6, 6.07) is 24.9. The van der Waals surface area contributed by atoms with Crippen LogP contribution in [0.3, 0.4) is 0 Å². The molecule has 1 heterocycles. The predicted octanol–water partition coefficient (Wildman–Crippen LogP) is 4.40. The molecule has 3 aromatic rings. The van der Waals surface area contributed by atoms with E-state index in [0.717, 1.165) is 16.8 Å². The van der Waals surface area contributed by atoms with Crippen molar-refractivity contribution in [1.82, 2.24) is 9.80 Å². The number of benzene rings is 3. The minimum absolute atomic E-state index is 0.0609. The Morgan fingerprint density at radius 2 is 1.45 bits per heavy atom. The SMILES string of the molecule is O=C(CN1CCN(C(=O)c2ccccc2Cl)CC1)Nc1ccccc1-c1ccccc1. The van der Waals surface area contributed by atoms with Gasteiger partial charge in [0.2, 0.25) is 5.91 Å². The van der Waals surface area contributed by atoms with Crippen LogP contribution in [0.1, 0.15) is 10.4 Å². The van der Waals surface area contributed by atoms with E-state index in [0.29, 0.717) is 36.8 Å². The number of carbonyl (C=O) groups is 2. The number of nitrogens with one attached hydrogen (secondary N) is 1. The summed E-state index contributed by atoms with van der Waals surface area (Å²) < 4.78 is 0. The molecule has 158 valence electrons. The highest BCUT2D eigenvalue weighted by molar-refractivity contribution is 6.33. The number of hydrogen-bond acceptors (Lipinski definition) is 3. The van der Waals surface area contributed by atoms with Crippen LogP contribution in [-0.2, 0) is 4.79 Å². The number of amides is 2. The molecular formula is C25H24ClN3O2. The Hall–Kier alpha value is -3.15. The number of para-hydroxylation sites is 1.